The molecule has 0 fully saturated rings. The van der Waals surface area contributed by atoms with Gasteiger partial charge in [-0.1, -0.05) is 6.07 Å². The number of rotatable bonds is 3. The number of thiophene rings is 1. The predicted molar refractivity (Wildman–Crippen MR) is 84.1 cm³/mol. The second-order valence-electron chi connectivity index (χ2n) is 5.72. The van der Waals surface area contributed by atoms with Crippen molar-refractivity contribution in [3.8, 4) is 10.6 Å². The van der Waals surface area contributed by atoms with Crippen LogP contribution < -0.4 is 16.6 Å². The van der Waals surface area contributed by atoms with Crippen LogP contribution in [0.4, 0.5) is 5.69 Å². The van der Waals surface area contributed by atoms with Crippen LogP contribution in [0.25, 0.3) is 10.6 Å². The molecule has 2 rings (SSSR count). The minimum Gasteiger partial charge on any atom is -0.394 e. The molecule has 1 amide bonds. The van der Waals surface area contributed by atoms with E-state index in [1.54, 1.807) is 0 Å². The van der Waals surface area contributed by atoms with Crippen molar-refractivity contribution in [1.29, 1.82) is 0 Å². The Labute approximate surface area is 126 Å². The molecular weight excluding hydrogens is 288 g/mol. The van der Waals surface area contributed by atoms with Crippen LogP contribution in [-0.2, 0) is 11.3 Å². The van der Waals surface area contributed by atoms with Crippen molar-refractivity contribution < 1.29 is 4.79 Å². The number of nitrogens with two attached hydrogens (primary N) is 1. The Morgan fingerprint density at radius 2 is 2.19 bits per heavy atom. The molecule has 0 radical (unpaired) electrons. The van der Waals surface area contributed by atoms with Crippen LogP contribution in [0.2, 0.25) is 0 Å². The van der Waals surface area contributed by atoms with E-state index >= 15 is 0 Å². The first kappa shape index (κ1) is 15.2. The molecular formula is C14H18N4O2S. The lowest BCUT2D eigenvalue weighted by molar-refractivity contribution is -0.123. The third kappa shape index (κ3) is 3.91. The van der Waals surface area contributed by atoms with Crippen molar-refractivity contribution in [1.82, 2.24) is 15.1 Å². The molecule has 6 nitrogen and oxygen atoms in total. The van der Waals surface area contributed by atoms with Crippen molar-refractivity contribution in [2.45, 2.75) is 32.9 Å². The maximum atomic E-state index is 12.0. The Balaban J connectivity index is 2.31. The lowest BCUT2D eigenvalue weighted by atomic mass is 10.1. The van der Waals surface area contributed by atoms with Crippen molar-refractivity contribution in [3.63, 3.8) is 0 Å². The number of hydrogen-bond donors (Lipinski definition) is 2. The molecule has 0 spiro atoms. The average molecular weight is 306 g/mol. The molecule has 21 heavy (non-hydrogen) atoms. The molecule has 2 heterocycles. The summed E-state index contributed by atoms with van der Waals surface area (Å²) < 4.78 is 1.10. The molecule has 0 unspecified atom stereocenters. The van der Waals surface area contributed by atoms with E-state index in [1.165, 1.54) is 17.4 Å². The van der Waals surface area contributed by atoms with E-state index in [-0.39, 0.29) is 23.7 Å². The Kier molecular flexibility index (Phi) is 4.13. The second-order valence-corrected chi connectivity index (χ2v) is 6.67. The Morgan fingerprint density at radius 1 is 1.48 bits per heavy atom. The number of carbonyl (C=O) groups excluding carboxylic acids is 1. The van der Waals surface area contributed by atoms with E-state index in [0.717, 1.165) is 9.56 Å². The number of anilines is 1. The van der Waals surface area contributed by atoms with E-state index in [1.807, 2.05) is 38.3 Å². The molecule has 0 saturated carbocycles. The minimum absolute atomic E-state index is 0.0805. The van der Waals surface area contributed by atoms with Crippen LogP contribution in [0, 0.1) is 0 Å². The first-order chi connectivity index (χ1) is 9.76. The van der Waals surface area contributed by atoms with Gasteiger partial charge in [0.1, 0.15) is 17.9 Å². The fourth-order valence-electron chi connectivity index (χ4n) is 1.81. The predicted octanol–water partition coefficient (Wildman–Crippen LogP) is 1.47. The lowest BCUT2D eigenvalue weighted by Gasteiger charge is -2.20. The first-order valence-electron chi connectivity index (χ1n) is 6.49. The number of amides is 1. The molecule has 0 aromatic carbocycles. The molecule has 0 saturated heterocycles. The zero-order valence-electron chi connectivity index (χ0n) is 12.2. The fraction of sp³-hybridized carbons (Fsp3) is 0.357. The number of nitrogens with zero attached hydrogens (tertiary/aromatic N) is 2. The van der Waals surface area contributed by atoms with E-state index in [2.05, 4.69) is 10.4 Å². The number of hydrogen-bond acceptors (Lipinski definition) is 5. The third-order valence-electron chi connectivity index (χ3n) is 2.58. The summed E-state index contributed by atoms with van der Waals surface area (Å²) in [7, 11) is 0. The summed E-state index contributed by atoms with van der Waals surface area (Å²) >= 11 is 1.49. The summed E-state index contributed by atoms with van der Waals surface area (Å²) in [5.41, 5.74) is 5.58. The molecule has 0 aliphatic carbocycles. The molecule has 3 N–H and O–H groups in total. The summed E-state index contributed by atoms with van der Waals surface area (Å²) in [6.45, 7) is 5.46. The molecule has 112 valence electrons. The van der Waals surface area contributed by atoms with Gasteiger partial charge in [-0.2, -0.15) is 5.10 Å². The highest BCUT2D eigenvalue weighted by Gasteiger charge is 2.16. The first-order valence-corrected chi connectivity index (χ1v) is 7.37. The van der Waals surface area contributed by atoms with Gasteiger partial charge in [-0.3, -0.25) is 9.59 Å². The van der Waals surface area contributed by atoms with Crippen LogP contribution in [0.3, 0.4) is 0 Å². The summed E-state index contributed by atoms with van der Waals surface area (Å²) in [6, 6.07) is 5.31. The van der Waals surface area contributed by atoms with Crippen LogP contribution in [0.1, 0.15) is 20.8 Å². The number of carbonyl (C=O) groups is 1. The van der Waals surface area contributed by atoms with E-state index in [0.29, 0.717) is 5.69 Å². The molecule has 0 bridgehead atoms. The standard InChI is InChI=1S/C14H18N4O2S/c1-14(2,3)16-12(19)8-18-13(20)9(15)7-10(17-18)11-5-4-6-21-11/h4-7H,8,15H2,1-3H3,(H,16,19). The quantitative estimate of drug-likeness (QED) is 0.898. The van der Waals surface area contributed by atoms with Crippen molar-refractivity contribution in [2.24, 2.45) is 0 Å². The maximum absolute atomic E-state index is 12.0. The normalized spacial score (nSPS) is 11.4. The highest BCUT2D eigenvalue weighted by Crippen LogP contribution is 2.22. The van der Waals surface area contributed by atoms with Crippen LogP contribution >= 0.6 is 11.3 Å². The van der Waals surface area contributed by atoms with Gasteiger partial charge in [-0.25, -0.2) is 4.68 Å². The van der Waals surface area contributed by atoms with Gasteiger partial charge in [0.05, 0.1) is 4.88 Å². The summed E-state index contributed by atoms with van der Waals surface area (Å²) in [6.07, 6.45) is 0. The second kappa shape index (κ2) is 5.69. The van der Waals surface area contributed by atoms with Gasteiger partial charge in [-0.15, -0.1) is 11.3 Å². The Hall–Kier alpha value is -2.15. The van der Waals surface area contributed by atoms with Crippen LogP contribution in [-0.4, -0.2) is 21.2 Å². The van der Waals surface area contributed by atoms with Crippen molar-refractivity contribution in [3.05, 3.63) is 33.9 Å². The molecule has 7 heteroatoms. The van der Waals surface area contributed by atoms with Crippen molar-refractivity contribution >= 4 is 22.9 Å². The van der Waals surface area contributed by atoms with E-state index < -0.39 is 5.56 Å². The summed E-state index contributed by atoms with van der Waals surface area (Å²) in [4.78, 5) is 24.8. The molecule has 0 atom stereocenters. The van der Waals surface area contributed by atoms with Crippen LogP contribution in [0.5, 0.6) is 0 Å². The number of nitrogens with one attached hydrogen (secondary N) is 1. The van der Waals surface area contributed by atoms with Gasteiger partial charge in [-0.05, 0) is 38.3 Å². The zero-order chi connectivity index (χ0) is 15.6. The smallest absolute Gasteiger partial charge is 0.290 e. The van der Waals surface area contributed by atoms with Gasteiger partial charge in [0.25, 0.3) is 5.56 Å². The van der Waals surface area contributed by atoms with Crippen LogP contribution in [0.15, 0.2) is 28.4 Å². The van der Waals surface area contributed by atoms with Gasteiger partial charge < -0.3 is 11.1 Å². The third-order valence-corrected chi connectivity index (χ3v) is 3.48. The molecule has 2 aromatic heterocycles. The van der Waals surface area contributed by atoms with Gasteiger partial charge in [0.2, 0.25) is 5.91 Å². The number of nitrogen functional groups attached to an aromatic ring is 1. The van der Waals surface area contributed by atoms with Gasteiger partial charge in [0.15, 0.2) is 0 Å². The molecule has 0 aliphatic rings. The highest BCUT2D eigenvalue weighted by molar-refractivity contribution is 7.13. The largest absolute Gasteiger partial charge is 0.394 e. The fourth-order valence-corrected chi connectivity index (χ4v) is 2.49. The SMILES string of the molecule is CC(C)(C)NC(=O)Cn1nc(-c2cccs2)cc(N)c1=O. The van der Waals surface area contributed by atoms with E-state index in [9.17, 15) is 9.59 Å². The summed E-state index contributed by atoms with van der Waals surface area (Å²) in [5, 5.41) is 8.92. The number of aromatic nitrogens is 2. The molecule has 0 aliphatic heterocycles. The van der Waals surface area contributed by atoms with Crippen molar-refractivity contribution in [2.75, 3.05) is 5.73 Å². The zero-order valence-corrected chi connectivity index (χ0v) is 13.0. The average Bonchev–Trinajstić information content (AvgIpc) is 2.86. The highest BCUT2D eigenvalue weighted by atomic mass is 32.1. The summed E-state index contributed by atoms with van der Waals surface area (Å²) in [5.74, 6) is -0.278. The molecule has 2 aromatic rings. The van der Waals surface area contributed by atoms with E-state index in [4.69, 9.17) is 5.73 Å². The monoisotopic (exact) mass is 306 g/mol. The van der Waals surface area contributed by atoms with Gasteiger partial charge in [0, 0.05) is 5.54 Å². The Bertz CT molecular complexity index is 699. The maximum Gasteiger partial charge on any atom is 0.290 e. The van der Waals surface area contributed by atoms with Gasteiger partial charge >= 0.3 is 0 Å². The minimum atomic E-state index is -0.459. The topological polar surface area (TPSA) is 90.0 Å². The Morgan fingerprint density at radius 3 is 2.76 bits per heavy atom. The lowest BCUT2D eigenvalue weighted by Crippen LogP contribution is -2.44.